The largest absolute Gasteiger partial charge is 0.492 e. The number of ether oxygens (including phenoxy) is 1. The zero-order valence-electron chi connectivity index (χ0n) is 17.5. The van der Waals surface area contributed by atoms with E-state index in [4.69, 9.17) is 4.74 Å². The molecule has 0 unspecified atom stereocenters. The minimum Gasteiger partial charge on any atom is -0.492 e. The van der Waals surface area contributed by atoms with Crippen molar-refractivity contribution in [3.63, 3.8) is 0 Å². The minimum absolute atomic E-state index is 0.148. The number of hydrogen-bond donors (Lipinski definition) is 1. The van der Waals surface area contributed by atoms with Crippen molar-refractivity contribution in [3.05, 3.63) is 76.7 Å². The molecule has 0 spiro atoms. The van der Waals surface area contributed by atoms with Gasteiger partial charge in [-0.25, -0.2) is 4.39 Å². The molecule has 158 valence electrons. The van der Waals surface area contributed by atoms with E-state index in [-0.39, 0.29) is 18.3 Å². The molecule has 0 saturated heterocycles. The van der Waals surface area contributed by atoms with Gasteiger partial charge in [0.15, 0.2) is 0 Å². The van der Waals surface area contributed by atoms with E-state index < -0.39 is 0 Å². The van der Waals surface area contributed by atoms with E-state index in [0.29, 0.717) is 36.8 Å². The number of nitriles is 1. The lowest BCUT2D eigenvalue weighted by atomic mass is 10.2. The van der Waals surface area contributed by atoms with Gasteiger partial charge in [0.25, 0.3) is 0 Å². The summed E-state index contributed by atoms with van der Waals surface area (Å²) in [7, 11) is 0. The summed E-state index contributed by atoms with van der Waals surface area (Å²) >= 11 is 0. The number of amides is 1. The predicted molar refractivity (Wildman–Crippen MR) is 116 cm³/mol. The van der Waals surface area contributed by atoms with E-state index in [1.54, 1.807) is 16.7 Å². The smallest absolute Gasteiger partial charge is 0.239 e. The van der Waals surface area contributed by atoms with Crippen molar-refractivity contribution in [1.29, 1.82) is 5.26 Å². The maximum absolute atomic E-state index is 13.9. The van der Waals surface area contributed by atoms with Gasteiger partial charge in [-0.15, -0.1) is 0 Å². The zero-order valence-corrected chi connectivity index (χ0v) is 17.5. The number of rotatable bonds is 4. The van der Waals surface area contributed by atoms with Gasteiger partial charge >= 0.3 is 0 Å². The molecule has 1 aliphatic heterocycles. The number of aromatic nitrogens is 1. The highest BCUT2D eigenvalue weighted by Crippen LogP contribution is 2.30. The molecule has 31 heavy (non-hydrogen) atoms. The number of nitrogens with one attached hydrogen (secondary N) is 1. The molecular weight excluding hydrogens is 395 g/mol. The molecule has 0 saturated carbocycles. The van der Waals surface area contributed by atoms with Crippen LogP contribution in [0, 0.1) is 31.0 Å². The van der Waals surface area contributed by atoms with Crippen LogP contribution in [0.1, 0.15) is 22.4 Å². The summed E-state index contributed by atoms with van der Waals surface area (Å²) in [6.07, 6.45) is 0. The Morgan fingerprint density at radius 3 is 2.81 bits per heavy atom. The molecule has 6 nitrogen and oxygen atoms in total. The Labute approximate surface area is 180 Å². The van der Waals surface area contributed by atoms with Crippen LogP contribution in [0.15, 0.2) is 48.5 Å². The van der Waals surface area contributed by atoms with Gasteiger partial charge in [-0.3, -0.25) is 14.3 Å². The molecule has 1 aliphatic rings. The number of carbonyl (C=O) groups is 1. The summed E-state index contributed by atoms with van der Waals surface area (Å²) in [4.78, 5) is 15.0. The maximum atomic E-state index is 13.9. The van der Waals surface area contributed by atoms with Crippen molar-refractivity contribution in [2.75, 3.05) is 25.0 Å². The molecular formula is C24H23FN4O2. The summed E-state index contributed by atoms with van der Waals surface area (Å²) < 4.78 is 21.3. The zero-order chi connectivity index (χ0) is 22.0. The number of fused-ring (bicyclic) bond motifs is 1. The first kappa shape index (κ1) is 20.6. The van der Waals surface area contributed by atoms with Crippen LogP contribution in [-0.2, 0) is 11.3 Å². The average molecular weight is 418 g/mol. The van der Waals surface area contributed by atoms with Crippen LogP contribution >= 0.6 is 0 Å². The second kappa shape index (κ2) is 8.62. The highest BCUT2D eigenvalue weighted by Gasteiger charge is 2.23. The van der Waals surface area contributed by atoms with Gasteiger partial charge < -0.3 is 10.1 Å². The molecule has 1 aromatic heterocycles. The fourth-order valence-corrected chi connectivity index (χ4v) is 3.89. The summed E-state index contributed by atoms with van der Waals surface area (Å²) in [5, 5.41) is 12.6. The van der Waals surface area contributed by atoms with Gasteiger partial charge in [0.1, 0.15) is 30.1 Å². The van der Waals surface area contributed by atoms with Gasteiger partial charge in [0, 0.05) is 24.3 Å². The van der Waals surface area contributed by atoms with Gasteiger partial charge in [-0.1, -0.05) is 24.3 Å². The monoisotopic (exact) mass is 418 g/mol. The van der Waals surface area contributed by atoms with Crippen LogP contribution in [0.25, 0.3) is 5.69 Å². The van der Waals surface area contributed by atoms with Crippen LogP contribution in [0.5, 0.6) is 5.75 Å². The van der Waals surface area contributed by atoms with Crippen LogP contribution in [-0.4, -0.2) is 35.1 Å². The van der Waals surface area contributed by atoms with Crippen molar-refractivity contribution in [2.24, 2.45) is 0 Å². The first-order valence-corrected chi connectivity index (χ1v) is 10.1. The predicted octanol–water partition coefficient (Wildman–Crippen LogP) is 3.94. The van der Waals surface area contributed by atoms with E-state index in [0.717, 1.165) is 22.6 Å². The molecule has 2 aromatic carbocycles. The van der Waals surface area contributed by atoms with Crippen molar-refractivity contribution < 1.29 is 13.9 Å². The summed E-state index contributed by atoms with van der Waals surface area (Å²) in [6, 6.07) is 16.1. The molecule has 2 heterocycles. The van der Waals surface area contributed by atoms with Gasteiger partial charge in [-0.2, -0.15) is 5.26 Å². The number of hydrogen-bond acceptors (Lipinski definition) is 4. The Hall–Kier alpha value is -3.63. The van der Waals surface area contributed by atoms with Gasteiger partial charge in [-0.05, 0) is 43.7 Å². The Balaban J connectivity index is 1.60. The average Bonchev–Trinajstić information content (AvgIpc) is 2.88. The highest BCUT2D eigenvalue weighted by molar-refractivity contribution is 5.93. The Morgan fingerprint density at radius 1 is 1.23 bits per heavy atom. The van der Waals surface area contributed by atoms with E-state index in [9.17, 15) is 14.4 Å². The second-order valence-corrected chi connectivity index (χ2v) is 7.58. The number of nitrogens with zero attached hydrogens (tertiary/aromatic N) is 3. The summed E-state index contributed by atoms with van der Waals surface area (Å²) in [5.74, 6) is 0.566. The van der Waals surface area contributed by atoms with Gasteiger partial charge in [0.05, 0.1) is 17.8 Å². The normalized spacial score (nSPS) is 13.6. The fraction of sp³-hybridized carbons (Fsp3) is 0.250. The lowest BCUT2D eigenvalue weighted by Crippen LogP contribution is -2.34. The lowest BCUT2D eigenvalue weighted by Gasteiger charge is -2.19. The highest BCUT2D eigenvalue weighted by atomic mass is 19.1. The Kier molecular flexibility index (Phi) is 5.74. The van der Waals surface area contributed by atoms with Crippen LogP contribution in [0.4, 0.5) is 10.2 Å². The first-order chi connectivity index (χ1) is 15.0. The number of carbonyl (C=O) groups excluding carboxylic acids is 1. The molecule has 4 rings (SSSR count). The van der Waals surface area contributed by atoms with Crippen LogP contribution in [0.2, 0.25) is 0 Å². The Bertz CT molecular complexity index is 1180. The summed E-state index contributed by atoms with van der Waals surface area (Å²) in [6.45, 7) is 5.51. The standard InChI is InChI=1S/C24H23FN4O2/c1-16-17(2)29(20-8-5-7-19(25)12-20)24(21(16)13-26)27-23(30)15-28-10-11-31-22-9-4-3-6-18(22)14-28/h3-9,12H,10-11,14-15H2,1-2H3,(H,27,30). The first-order valence-electron chi connectivity index (χ1n) is 10.1. The molecule has 0 radical (unpaired) electrons. The van der Waals surface area contributed by atoms with Crippen molar-refractivity contribution in [3.8, 4) is 17.5 Å². The molecule has 1 N–H and O–H groups in total. The molecule has 1 amide bonds. The number of para-hydroxylation sites is 1. The minimum atomic E-state index is -0.387. The van der Waals surface area contributed by atoms with Gasteiger partial charge in [0.2, 0.25) is 5.91 Å². The molecule has 0 atom stereocenters. The van der Waals surface area contributed by atoms with Crippen molar-refractivity contribution >= 4 is 11.7 Å². The molecule has 3 aromatic rings. The van der Waals surface area contributed by atoms with Crippen LogP contribution < -0.4 is 10.1 Å². The lowest BCUT2D eigenvalue weighted by molar-refractivity contribution is -0.117. The van der Waals surface area contributed by atoms with E-state index in [1.807, 2.05) is 43.0 Å². The second-order valence-electron chi connectivity index (χ2n) is 7.58. The fourth-order valence-electron chi connectivity index (χ4n) is 3.89. The quantitative estimate of drug-likeness (QED) is 0.697. The topological polar surface area (TPSA) is 70.3 Å². The Morgan fingerprint density at radius 2 is 2.03 bits per heavy atom. The number of anilines is 1. The molecule has 0 aliphatic carbocycles. The maximum Gasteiger partial charge on any atom is 0.239 e. The van der Waals surface area contributed by atoms with E-state index >= 15 is 0 Å². The van der Waals surface area contributed by atoms with Crippen LogP contribution in [0.3, 0.4) is 0 Å². The molecule has 0 bridgehead atoms. The van der Waals surface area contributed by atoms with E-state index in [2.05, 4.69) is 11.4 Å². The summed E-state index contributed by atoms with van der Waals surface area (Å²) in [5.41, 5.74) is 3.48. The molecule has 0 fully saturated rings. The third-order valence-electron chi connectivity index (χ3n) is 5.55. The van der Waals surface area contributed by atoms with Crippen molar-refractivity contribution in [1.82, 2.24) is 9.47 Å². The number of halogens is 1. The third kappa shape index (κ3) is 4.16. The number of benzene rings is 2. The molecule has 7 heteroatoms. The third-order valence-corrected chi connectivity index (χ3v) is 5.55. The van der Waals surface area contributed by atoms with E-state index in [1.165, 1.54) is 12.1 Å². The van der Waals surface area contributed by atoms with Crippen molar-refractivity contribution in [2.45, 2.75) is 20.4 Å². The SMILES string of the molecule is Cc1c(C#N)c(NC(=O)CN2CCOc3ccccc3C2)n(-c2cccc(F)c2)c1C.